The monoisotopic (exact) mass is 323 g/mol. The molecular formula is C16H21NO4S. The Morgan fingerprint density at radius 2 is 1.45 bits per heavy atom. The number of rotatable bonds is 6. The summed E-state index contributed by atoms with van der Waals surface area (Å²) in [5.41, 5.74) is 0. The first-order valence-corrected chi connectivity index (χ1v) is 8.80. The Kier molecular flexibility index (Phi) is 4.93. The van der Waals surface area contributed by atoms with Crippen LogP contribution in [0.15, 0.2) is 35.2 Å². The van der Waals surface area contributed by atoms with Crippen molar-refractivity contribution in [3.8, 4) is 11.5 Å². The van der Waals surface area contributed by atoms with E-state index in [9.17, 15) is 18.6 Å². The standard InChI is InChI=1S/C16H21NO4S/c1-3-7-17(8-4-2)22(20,21)14-6-5-12-10-15(18)16(19)11-13(12)9-14/h5-6,9-11,18-19H,3-4,7-8H2,1-2H3. The quantitative estimate of drug-likeness (QED) is 0.801. The average molecular weight is 323 g/mol. The lowest BCUT2D eigenvalue weighted by atomic mass is 10.1. The zero-order valence-electron chi connectivity index (χ0n) is 12.8. The summed E-state index contributed by atoms with van der Waals surface area (Å²) < 4.78 is 26.9. The van der Waals surface area contributed by atoms with E-state index < -0.39 is 10.0 Å². The lowest BCUT2D eigenvalue weighted by molar-refractivity contribution is 0.405. The van der Waals surface area contributed by atoms with Crippen molar-refractivity contribution < 1.29 is 18.6 Å². The van der Waals surface area contributed by atoms with E-state index >= 15 is 0 Å². The maximum Gasteiger partial charge on any atom is 0.243 e. The van der Waals surface area contributed by atoms with Crippen molar-refractivity contribution in [3.63, 3.8) is 0 Å². The van der Waals surface area contributed by atoms with E-state index in [4.69, 9.17) is 0 Å². The molecule has 0 radical (unpaired) electrons. The normalized spacial score (nSPS) is 12.1. The first-order chi connectivity index (χ1) is 10.4. The van der Waals surface area contributed by atoms with Gasteiger partial charge in [-0.15, -0.1) is 0 Å². The fourth-order valence-electron chi connectivity index (χ4n) is 2.41. The summed E-state index contributed by atoms with van der Waals surface area (Å²) in [5, 5.41) is 20.3. The number of hydrogen-bond donors (Lipinski definition) is 2. The van der Waals surface area contributed by atoms with Gasteiger partial charge in [0.15, 0.2) is 11.5 Å². The number of fused-ring (bicyclic) bond motifs is 1. The van der Waals surface area contributed by atoms with Crippen LogP contribution in [0.4, 0.5) is 0 Å². The predicted molar refractivity (Wildman–Crippen MR) is 86.6 cm³/mol. The van der Waals surface area contributed by atoms with Crippen LogP contribution in [0.1, 0.15) is 26.7 Å². The molecule has 6 heteroatoms. The lowest BCUT2D eigenvalue weighted by Gasteiger charge is -2.21. The first kappa shape index (κ1) is 16.6. The zero-order chi connectivity index (χ0) is 16.3. The fourth-order valence-corrected chi connectivity index (χ4v) is 4.07. The van der Waals surface area contributed by atoms with E-state index in [0.29, 0.717) is 23.9 Å². The van der Waals surface area contributed by atoms with Crippen molar-refractivity contribution in [2.75, 3.05) is 13.1 Å². The van der Waals surface area contributed by atoms with E-state index in [1.165, 1.54) is 28.6 Å². The molecule has 0 heterocycles. The van der Waals surface area contributed by atoms with Gasteiger partial charge in [-0.2, -0.15) is 4.31 Å². The number of sulfonamides is 1. The van der Waals surface area contributed by atoms with Gasteiger partial charge in [0.2, 0.25) is 10.0 Å². The Balaban J connectivity index is 2.50. The van der Waals surface area contributed by atoms with Gasteiger partial charge in [-0.05, 0) is 47.9 Å². The third-order valence-corrected chi connectivity index (χ3v) is 5.38. The lowest BCUT2D eigenvalue weighted by Crippen LogP contribution is -2.32. The molecule has 2 aromatic carbocycles. The van der Waals surface area contributed by atoms with Gasteiger partial charge in [0.1, 0.15) is 0 Å². The fraction of sp³-hybridized carbons (Fsp3) is 0.375. The Bertz CT molecular complexity index is 765. The van der Waals surface area contributed by atoms with Gasteiger partial charge >= 0.3 is 0 Å². The molecule has 0 bridgehead atoms. The number of nitrogens with zero attached hydrogens (tertiary/aromatic N) is 1. The molecule has 0 aliphatic rings. The van der Waals surface area contributed by atoms with Gasteiger partial charge in [0.25, 0.3) is 0 Å². The molecule has 0 aromatic heterocycles. The van der Waals surface area contributed by atoms with Crippen LogP contribution in [0.3, 0.4) is 0 Å². The van der Waals surface area contributed by atoms with E-state index in [-0.39, 0.29) is 16.4 Å². The highest BCUT2D eigenvalue weighted by molar-refractivity contribution is 7.89. The van der Waals surface area contributed by atoms with Crippen LogP contribution in [0.25, 0.3) is 10.8 Å². The Hall–Kier alpha value is -1.79. The molecule has 2 N–H and O–H groups in total. The average Bonchev–Trinajstić information content (AvgIpc) is 2.47. The first-order valence-electron chi connectivity index (χ1n) is 7.36. The van der Waals surface area contributed by atoms with E-state index in [2.05, 4.69) is 0 Å². The molecule has 2 rings (SSSR count). The molecule has 0 aliphatic carbocycles. The molecule has 0 amide bonds. The smallest absolute Gasteiger partial charge is 0.243 e. The number of hydrogen-bond acceptors (Lipinski definition) is 4. The summed E-state index contributed by atoms with van der Waals surface area (Å²) in [6, 6.07) is 7.48. The molecule has 0 saturated carbocycles. The molecule has 120 valence electrons. The van der Waals surface area contributed by atoms with Gasteiger partial charge in [0, 0.05) is 13.1 Å². The Morgan fingerprint density at radius 3 is 2.00 bits per heavy atom. The van der Waals surface area contributed by atoms with Gasteiger partial charge in [-0.25, -0.2) is 8.42 Å². The molecule has 0 saturated heterocycles. The minimum Gasteiger partial charge on any atom is -0.504 e. The summed E-state index contributed by atoms with van der Waals surface area (Å²) in [6.07, 6.45) is 1.50. The van der Waals surface area contributed by atoms with Crippen molar-refractivity contribution in [1.82, 2.24) is 4.31 Å². The number of aromatic hydroxyl groups is 2. The van der Waals surface area contributed by atoms with Gasteiger partial charge in [0.05, 0.1) is 4.90 Å². The van der Waals surface area contributed by atoms with Gasteiger partial charge < -0.3 is 10.2 Å². The summed E-state index contributed by atoms with van der Waals surface area (Å²) in [7, 11) is -3.55. The van der Waals surface area contributed by atoms with Crippen LogP contribution in [0.5, 0.6) is 11.5 Å². The van der Waals surface area contributed by atoms with E-state index in [1.54, 1.807) is 6.07 Å². The molecule has 0 unspecified atom stereocenters. The summed E-state index contributed by atoms with van der Waals surface area (Å²) in [5.74, 6) is -0.484. The molecular weight excluding hydrogens is 302 g/mol. The molecule has 0 spiro atoms. The number of benzene rings is 2. The molecule has 2 aromatic rings. The Labute approximate surface area is 130 Å². The van der Waals surface area contributed by atoms with Crippen LogP contribution in [0, 0.1) is 0 Å². The molecule has 0 fully saturated rings. The van der Waals surface area contributed by atoms with Crippen molar-refractivity contribution in [2.45, 2.75) is 31.6 Å². The molecule has 0 atom stereocenters. The molecule has 22 heavy (non-hydrogen) atoms. The second kappa shape index (κ2) is 6.54. The summed E-state index contributed by atoms with van der Waals surface area (Å²) in [4.78, 5) is 0.201. The second-order valence-corrected chi connectivity index (χ2v) is 7.19. The van der Waals surface area contributed by atoms with Crippen molar-refractivity contribution >= 4 is 20.8 Å². The zero-order valence-corrected chi connectivity index (χ0v) is 13.6. The van der Waals surface area contributed by atoms with Crippen molar-refractivity contribution in [3.05, 3.63) is 30.3 Å². The predicted octanol–water partition coefficient (Wildman–Crippen LogP) is 3.06. The maximum absolute atomic E-state index is 12.7. The SMILES string of the molecule is CCCN(CCC)S(=O)(=O)c1ccc2cc(O)c(O)cc2c1. The summed E-state index contributed by atoms with van der Waals surface area (Å²) in [6.45, 7) is 4.85. The Morgan fingerprint density at radius 1 is 0.909 bits per heavy atom. The van der Waals surface area contributed by atoms with Crippen LogP contribution < -0.4 is 0 Å². The van der Waals surface area contributed by atoms with E-state index in [0.717, 1.165) is 12.8 Å². The highest BCUT2D eigenvalue weighted by Gasteiger charge is 2.23. The van der Waals surface area contributed by atoms with E-state index in [1.807, 2.05) is 13.8 Å². The minimum atomic E-state index is -3.55. The van der Waals surface area contributed by atoms with Crippen LogP contribution in [-0.4, -0.2) is 36.0 Å². The maximum atomic E-state index is 12.7. The highest BCUT2D eigenvalue weighted by Crippen LogP contribution is 2.31. The highest BCUT2D eigenvalue weighted by atomic mass is 32.2. The minimum absolute atomic E-state index is 0.201. The second-order valence-electron chi connectivity index (χ2n) is 5.25. The van der Waals surface area contributed by atoms with Crippen LogP contribution >= 0.6 is 0 Å². The van der Waals surface area contributed by atoms with Crippen LogP contribution in [-0.2, 0) is 10.0 Å². The largest absolute Gasteiger partial charge is 0.504 e. The molecule has 5 nitrogen and oxygen atoms in total. The molecule has 0 aliphatic heterocycles. The van der Waals surface area contributed by atoms with Crippen molar-refractivity contribution in [2.24, 2.45) is 0 Å². The topological polar surface area (TPSA) is 77.8 Å². The van der Waals surface area contributed by atoms with Gasteiger partial charge in [-0.3, -0.25) is 0 Å². The third kappa shape index (κ3) is 3.18. The third-order valence-electron chi connectivity index (χ3n) is 3.49. The van der Waals surface area contributed by atoms with Gasteiger partial charge in [-0.1, -0.05) is 19.9 Å². The van der Waals surface area contributed by atoms with Crippen LogP contribution in [0.2, 0.25) is 0 Å². The summed E-state index contributed by atoms with van der Waals surface area (Å²) >= 11 is 0. The van der Waals surface area contributed by atoms with Crippen molar-refractivity contribution in [1.29, 1.82) is 0 Å². The number of phenolic OH excluding ortho intramolecular Hbond substituents is 2. The number of phenols is 2.